The van der Waals surface area contributed by atoms with Gasteiger partial charge in [0.15, 0.2) is 0 Å². The highest BCUT2D eigenvalue weighted by Gasteiger charge is 2.16. The Hall–Kier alpha value is -1.86. The van der Waals surface area contributed by atoms with Gasteiger partial charge in [-0.2, -0.15) is 5.26 Å². The maximum Gasteiger partial charge on any atom is 0.128 e. The fourth-order valence-corrected chi connectivity index (χ4v) is 2.87. The summed E-state index contributed by atoms with van der Waals surface area (Å²) < 4.78 is 0. The van der Waals surface area contributed by atoms with E-state index in [2.05, 4.69) is 18.0 Å². The van der Waals surface area contributed by atoms with Crippen LogP contribution in [0.5, 0.6) is 0 Å². The van der Waals surface area contributed by atoms with Crippen molar-refractivity contribution in [2.75, 3.05) is 5.73 Å². The highest BCUT2D eigenvalue weighted by molar-refractivity contribution is 7.16. The Morgan fingerprint density at radius 1 is 1.41 bits per heavy atom. The third-order valence-electron chi connectivity index (χ3n) is 2.59. The SMILES string of the molecule is CCCc1c(-c2ccncc2)sc(C#N)c1N. The van der Waals surface area contributed by atoms with Gasteiger partial charge in [0.05, 0.1) is 5.69 Å². The zero-order chi connectivity index (χ0) is 12.3. The second-order valence-corrected chi connectivity index (χ2v) is 4.77. The number of pyridine rings is 1. The molecule has 2 rings (SSSR count). The largest absolute Gasteiger partial charge is 0.397 e. The van der Waals surface area contributed by atoms with Crippen molar-refractivity contribution in [3.05, 3.63) is 35.0 Å². The standard InChI is InChI=1S/C13H13N3S/c1-2-3-10-12(15)11(8-14)17-13(10)9-4-6-16-7-5-9/h4-7H,2-3,15H2,1H3. The summed E-state index contributed by atoms with van der Waals surface area (Å²) in [5.41, 5.74) is 8.84. The van der Waals surface area contributed by atoms with Crippen molar-refractivity contribution in [1.82, 2.24) is 4.98 Å². The lowest BCUT2D eigenvalue weighted by Gasteiger charge is -2.03. The molecule has 2 aromatic rings. The van der Waals surface area contributed by atoms with Crippen molar-refractivity contribution in [3.63, 3.8) is 0 Å². The van der Waals surface area contributed by atoms with Crippen LogP contribution in [0.4, 0.5) is 5.69 Å². The summed E-state index contributed by atoms with van der Waals surface area (Å²) in [6, 6.07) is 6.06. The number of rotatable bonds is 3. The molecule has 0 spiro atoms. The van der Waals surface area contributed by atoms with E-state index in [-0.39, 0.29) is 0 Å². The van der Waals surface area contributed by atoms with E-state index < -0.39 is 0 Å². The van der Waals surface area contributed by atoms with Gasteiger partial charge in [0.1, 0.15) is 10.9 Å². The molecule has 0 fully saturated rings. The minimum atomic E-state index is 0.611. The van der Waals surface area contributed by atoms with E-state index in [1.807, 2.05) is 12.1 Å². The molecule has 3 nitrogen and oxygen atoms in total. The van der Waals surface area contributed by atoms with Crippen LogP contribution in [-0.4, -0.2) is 4.98 Å². The lowest BCUT2D eigenvalue weighted by atomic mass is 10.1. The average Bonchev–Trinajstić information content (AvgIpc) is 2.69. The Balaban J connectivity index is 2.58. The molecular weight excluding hydrogens is 230 g/mol. The summed E-state index contributed by atoms with van der Waals surface area (Å²) in [5.74, 6) is 0. The van der Waals surface area contributed by atoms with E-state index in [9.17, 15) is 0 Å². The third-order valence-corrected chi connectivity index (χ3v) is 3.79. The van der Waals surface area contributed by atoms with Crippen LogP contribution in [0.1, 0.15) is 23.8 Å². The van der Waals surface area contributed by atoms with E-state index in [0.29, 0.717) is 10.6 Å². The van der Waals surface area contributed by atoms with Gasteiger partial charge in [-0.1, -0.05) is 13.3 Å². The normalized spacial score (nSPS) is 10.1. The molecule has 0 aliphatic heterocycles. The maximum absolute atomic E-state index is 9.04. The quantitative estimate of drug-likeness (QED) is 0.900. The van der Waals surface area contributed by atoms with Gasteiger partial charge in [-0.3, -0.25) is 4.98 Å². The number of nitrogens with zero attached hydrogens (tertiary/aromatic N) is 2. The molecule has 0 aliphatic rings. The van der Waals surface area contributed by atoms with Gasteiger partial charge in [0.25, 0.3) is 0 Å². The highest BCUT2D eigenvalue weighted by atomic mass is 32.1. The molecule has 86 valence electrons. The number of hydrogen-bond donors (Lipinski definition) is 1. The van der Waals surface area contributed by atoms with Crippen LogP contribution in [0, 0.1) is 11.3 Å². The number of aromatic nitrogens is 1. The Morgan fingerprint density at radius 2 is 2.12 bits per heavy atom. The monoisotopic (exact) mass is 243 g/mol. The van der Waals surface area contributed by atoms with Gasteiger partial charge >= 0.3 is 0 Å². The Labute approximate surface area is 105 Å². The van der Waals surface area contributed by atoms with E-state index in [1.54, 1.807) is 12.4 Å². The first kappa shape index (κ1) is 11.6. The summed E-state index contributed by atoms with van der Waals surface area (Å²) in [6.45, 7) is 2.11. The van der Waals surface area contributed by atoms with Crippen LogP contribution >= 0.6 is 11.3 Å². The van der Waals surface area contributed by atoms with Gasteiger partial charge in [-0.05, 0) is 29.7 Å². The smallest absolute Gasteiger partial charge is 0.128 e. The first-order chi connectivity index (χ1) is 8.27. The molecule has 2 heterocycles. The van der Waals surface area contributed by atoms with Crippen LogP contribution < -0.4 is 5.73 Å². The summed E-state index contributed by atoms with van der Waals surface area (Å²) in [7, 11) is 0. The molecule has 0 aromatic carbocycles. The lowest BCUT2D eigenvalue weighted by Crippen LogP contribution is -1.93. The Bertz CT molecular complexity index is 552. The fourth-order valence-electron chi connectivity index (χ4n) is 1.80. The van der Waals surface area contributed by atoms with E-state index in [4.69, 9.17) is 11.0 Å². The number of hydrogen-bond acceptors (Lipinski definition) is 4. The summed E-state index contributed by atoms with van der Waals surface area (Å²) >= 11 is 1.47. The highest BCUT2D eigenvalue weighted by Crippen LogP contribution is 2.38. The molecule has 17 heavy (non-hydrogen) atoms. The van der Waals surface area contributed by atoms with Crippen molar-refractivity contribution in [1.29, 1.82) is 5.26 Å². The van der Waals surface area contributed by atoms with Crippen LogP contribution in [0.25, 0.3) is 10.4 Å². The molecule has 0 unspecified atom stereocenters. The second-order valence-electron chi connectivity index (χ2n) is 3.75. The first-order valence-electron chi connectivity index (χ1n) is 5.49. The van der Waals surface area contributed by atoms with E-state index >= 15 is 0 Å². The van der Waals surface area contributed by atoms with Crippen molar-refractivity contribution < 1.29 is 0 Å². The molecule has 0 bridgehead atoms. The summed E-state index contributed by atoms with van der Waals surface area (Å²) in [5, 5.41) is 9.04. The van der Waals surface area contributed by atoms with Gasteiger partial charge in [-0.15, -0.1) is 11.3 Å². The van der Waals surface area contributed by atoms with E-state index in [0.717, 1.165) is 28.8 Å². The van der Waals surface area contributed by atoms with Crippen molar-refractivity contribution in [3.8, 4) is 16.5 Å². The molecule has 2 N–H and O–H groups in total. The molecule has 0 radical (unpaired) electrons. The number of nitriles is 1. The summed E-state index contributed by atoms with van der Waals surface area (Å²) in [6.07, 6.45) is 5.44. The Morgan fingerprint density at radius 3 is 2.71 bits per heavy atom. The molecule has 0 amide bonds. The minimum absolute atomic E-state index is 0.611. The molecule has 2 aromatic heterocycles. The van der Waals surface area contributed by atoms with Crippen LogP contribution in [0.2, 0.25) is 0 Å². The predicted molar refractivity (Wildman–Crippen MR) is 70.7 cm³/mol. The zero-order valence-electron chi connectivity index (χ0n) is 9.60. The van der Waals surface area contributed by atoms with Crippen molar-refractivity contribution in [2.24, 2.45) is 0 Å². The lowest BCUT2D eigenvalue weighted by molar-refractivity contribution is 0.930. The number of thiophene rings is 1. The van der Waals surface area contributed by atoms with Crippen molar-refractivity contribution >= 4 is 17.0 Å². The number of anilines is 1. The average molecular weight is 243 g/mol. The van der Waals surface area contributed by atoms with E-state index in [1.165, 1.54) is 11.3 Å². The van der Waals surface area contributed by atoms with Gasteiger partial charge in [0, 0.05) is 17.3 Å². The predicted octanol–water partition coefficient (Wildman–Crippen LogP) is 3.22. The third kappa shape index (κ3) is 2.15. The maximum atomic E-state index is 9.04. The topological polar surface area (TPSA) is 62.7 Å². The molecule has 4 heteroatoms. The van der Waals surface area contributed by atoms with Crippen molar-refractivity contribution in [2.45, 2.75) is 19.8 Å². The Kier molecular flexibility index (Phi) is 3.40. The van der Waals surface area contributed by atoms with Gasteiger partial charge < -0.3 is 5.73 Å². The van der Waals surface area contributed by atoms with Gasteiger partial charge in [-0.25, -0.2) is 0 Å². The van der Waals surface area contributed by atoms with Gasteiger partial charge in [0.2, 0.25) is 0 Å². The molecular formula is C13H13N3S. The minimum Gasteiger partial charge on any atom is -0.397 e. The number of nitrogens with two attached hydrogens (primary N) is 1. The zero-order valence-corrected chi connectivity index (χ0v) is 10.4. The summed E-state index contributed by atoms with van der Waals surface area (Å²) in [4.78, 5) is 5.72. The molecule has 0 aliphatic carbocycles. The molecule has 0 saturated heterocycles. The van der Waals surface area contributed by atoms with Crippen LogP contribution in [0.15, 0.2) is 24.5 Å². The second kappa shape index (κ2) is 4.98. The fraction of sp³-hybridized carbons (Fsp3) is 0.231. The van der Waals surface area contributed by atoms with Crippen LogP contribution in [0.3, 0.4) is 0 Å². The first-order valence-corrected chi connectivity index (χ1v) is 6.31. The van der Waals surface area contributed by atoms with Crippen LogP contribution in [-0.2, 0) is 6.42 Å². The molecule has 0 saturated carbocycles. The number of nitrogen functional groups attached to an aromatic ring is 1. The molecule has 0 atom stereocenters.